The van der Waals surface area contributed by atoms with Crippen LogP contribution in [0.4, 0.5) is 0 Å². The Morgan fingerprint density at radius 3 is 2.75 bits per heavy atom. The van der Waals surface area contributed by atoms with Gasteiger partial charge in [-0.15, -0.1) is 0 Å². The van der Waals surface area contributed by atoms with Gasteiger partial charge in [0.2, 0.25) is 0 Å². The molecule has 0 atom stereocenters. The van der Waals surface area contributed by atoms with Crippen LogP contribution in [-0.2, 0) is 19.4 Å². The summed E-state index contributed by atoms with van der Waals surface area (Å²) in [5.74, 6) is 0. The molecule has 0 fully saturated rings. The molecule has 0 radical (unpaired) electrons. The fourth-order valence-corrected chi connectivity index (χ4v) is 2.44. The summed E-state index contributed by atoms with van der Waals surface area (Å²) < 4.78 is 0. The molecular formula is C15H23N. The van der Waals surface area contributed by atoms with Gasteiger partial charge in [-0.1, -0.05) is 39.0 Å². The van der Waals surface area contributed by atoms with E-state index in [1.165, 1.54) is 30.4 Å². The Morgan fingerprint density at radius 2 is 2.00 bits per heavy atom. The lowest BCUT2D eigenvalue weighted by molar-refractivity contribution is 0.411. The van der Waals surface area contributed by atoms with Gasteiger partial charge in [0.25, 0.3) is 0 Å². The molecule has 88 valence electrons. The maximum absolute atomic E-state index is 3.49. The third-order valence-electron chi connectivity index (χ3n) is 3.12. The summed E-state index contributed by atoms with van der Waals surface area (Å²) in [5.41, 5.74) is 4.92. The molecule has 0 spiro atoms. The van der Waals surface area contributed by atoms with Gasteiger partial charge in [0.1, 0.15) is 0 Å². The maximum atomic E-state index is 3.49. The Balaban J connectivity index is 2.21. The van der Waals surface area contributed by atoms with Gasteiger partial charge in [-0.05, 0) is 47.9 Å². The maximum Gasteiger partial charge on any atom is 0.0208 e. The van der Waals surface area contributed by atoms with Crippen molar-refractivity contribution in [3.63, 3.8) is 0 Å². The Labute approximate surface area is 99.3 Å². The molecule has 0 amide bonds. The minimum absolute atomic E-state index is 0.381. The molecule has 0 bridgehead atoms. The molecule has 1 heteroatoms. The van der Waals surface area contributed by atoms with E-state index in [0.717, 1.165) is 13.1 Å². The predicted molar refractivity (Wildman–Crippen MR) is 69.6 cm³/mol. The summed E-state index contributed by atoms with van der Waals surface area (Å²) in [7, 11) is 0. The summed E-state index contributed by atoms with van der Waals surface area (Å²) in [6, 6.07) is 7.05. The predicted octanol–water partition coefficient (Wildman–Crippen LogP) is 3.31. The molecule has 1 heterocycles. The lowest BCUT2D eigenvalue weighted by Crippen LogP contribution is -2.13. The average Bonchev–Trinajstić information content (AvgIpc) is 2.39. The zero-order valence-electron chi connectivity index (χ0n) is 10.8. The van der Waals surface area contributed by atoms with Crippen molar-refractivity contribution in [2.24, 2.45) is 5.41 Å². The second-order valence-corrected chi connectivity index (χ2v) is 6.12. The summed E-state index contributed by atoms with van der Waals surface area (Å²) in [6.07, 6.45) is 3.67. The second-order valence-electron chi connectivity index (χ2n) is 6.12. The van der Waals surface area contributed by atoms with E-state index in [1.807, 2.05) is 0 Å². The number of aryl methyl sites for hydroxylation is 1. The minimum atomic E-state index is 0.381. The Kier molecular flexibility index (Phi) is 3.34. The molecule has 0 saturated heterocycles. The molecule has 1 aliphatic heterocycles. The van der Waals surface area contributed by atoms with Crippen LogP contribution in [0.15, 0.2) is 18.2 Å². The minimum Gasteiger partial charge on any atom is -0.313 e. The van der Waals surface area contributed by atoms with Crippen LogP contribution in [0.1, 0.15) is 43.9 Å². The van der Waals surface area contributed by atoms with Crippen LogP contribution in [0.3, 0.4) is 0 Å². The van der Waals surface area contributed by atoms with Crippen molar-refractivity contribution in [3.8, 4) is 0 Å². The van der Waals surface area contributed by atoms with Gasteiger partial charge < -0.3 is 5.32 Å². The van der Waals surface area contributed by atoms with E-state index in [2.05, 4.69) is 44.3 Å². The molecule has 0 saturated carbocycles. The summed E-state index contributed by atoms with van der Waals surface area (Å²) >= 11 is 0. The summed E-state index contributed by atoms with van der Waals surface area (Å²) in [6.45, 7) is 9.11. The highest BCUT2D eigenvalue weighted by Crippen LogP contribution is 2.23. The Bertz CT molecular complexity index is 360. The first kappa shape index (κ1) is 11.7. The van der Waals surface area contributed by atoms with Gasteiger partial charge in [-0.2, -0.15) is 0 Å². The first-order valence-electron chi connectivity index (χ1n) is 6.36. The number of fused-ring (bicyclic) bond motifs is 1. The molecule has 2 rings (SSSR count). The van der Waals surface area contributed by atoms with Crippen LogP contribution in [0.2, 0.25) is 0 Å². The third kappa shape index (κ3) is 3.08. The summed E-state index contributed by atoms with van der Waals surface area (Å²) in [5, 5.41) is 3.49. The molecule has 1 aromatic carbocycles. The van der Waals surface area contributed by atoms with E-state index >= 15 is 0 Å². The topological polar surface area (TPSA) is 12.0 Å². The lowest BCUT2D eigenvalue weighted by Gasteiger charge is -2.19. The fourth-order valence-electron chi connectivity index (χ4n) is 2.44. The van der Waals surface area contributed by atoms with Crippen molar-refractivity contribution in [2.45, 2.75) is 46.6 Å². The number of hydrogen-bond acceptors (Lipinski definition) is 1. The highest BCUT2D eigenvalue weighted by atomic mass is 14.8. The van der Waals surface area contributed by atoms with Crippen molar-refractivity contribution in [2.75, 3.05) is 6.54 Å². The first-order valence-corrected chi connectivity index (χ1v) is 6.36. The van der Waals surface area contributed by atoms with Gasteiger partial charge in [-0.3, -0.25) is 0 Å². The standard InChI is InChI=1S/C15H23N/c1-15(2,3)10-12-6-7-13-5-4-8-16-11-14(13)9-12/h6-7,9,16H,4-5,8,10-11H2,1-3H3. The van der Waals surface area contributed by atoms with Crippen molar-refractivity contribution < 1.29 is 0 Å². The van der Waals surface area contributed by atoms with E-state index < -0.39 is 0 Å². The average molecular weight is 217 g/mol. The quantitative estimate of drug-likeness (QED) is 0.761. The highest BCUT2D eigenvalue weighted by molar-refractivity contribution is 5.33. The van der Waals surface area contributed by atoms with Gasteiger partial charge in [0, 0.05) is 6.54 Å². The second kappa shape index (κ2) is 4.58. The molecule has 0 aliphatic carbocycles. The van der Waals surface area contributed by atoms with Crippen LogP contribution in [-0.4, -0.2) is 6.54 Å². The van der Waals surface area contributed by atoms with Crippen LogP contribution < -0.4 is 5.32 Å². The molecule has 1 aliphatic rings. The normalized spacial score (nSPS) is 16.7. The molecule has 16 heavy (non-hydrogen) atoms. The SMILES string of the molecule is CC(C)(C)Cc1ccc2c(c1)CNCCC2. The molecule has 0 aromatic heterocycles. The molecular weight excluding hydrogens is 194 g/mol. The molecule has 1 aromatic rings. The largest absolute Gasteiger partial charge is 0.313 e. The first-order chi connectivity index (χ1) is 7.54. The van der Waals surface area contributed by atoms with Gasteiger partial charge in [0.05, 0.1) is 0 Å². The van der Waals surface area contributed by atoms with Crippen molar-refractivity contribution in [1.29, 1.82) is 0 Å². The highest BCUT2D eigenvalue weighted by Gasteiger charge is 2.13. The van der Waals surface area contributed by atoms with E-state index in [1.54, 1.807) is 5.56 Å². The smallest absolute Gasteiger partial charge is 0.0208 e. The van der Waals surface area contributed by atoms with E-state index in [4.69, 9.17) is 0 Å². The molecule has 0 unspecified atom stereocenters. The van der Waals surface area contributed by atoms with Crippen LogP contribution in [0, 0.1) is 5.41 Å². The fraction of sp³-hybridized carbons (Fsp3) is 0.600. The van der Waals surface area contributed by atoms with Gasteiger partial charge >= 0.3 is 0 Å². The van der Waals surface area contributed by atoms with Gasteiger partial charge in [-0.25, -0.2) is 0 Å². The van der Waals surface area contributed by atoms with Crippen molar-refractivity contribution >= 4 is 0 Å². The Hall–Kier alpha value is -0.820. The van der Waals surface area contributed by atoms with Crippen molar-refractivity contribution in [1.82, 2.24) is 5.32 Å². The van der Waals surface area contributed by atoms with Crippen LogP contribution in [0.5, 0.6) is 0 Å². The van der Waals surface area contributed by atoms with Crippen LogP contribution >= 0.6 is 0 Å². The molecule has 1 nitrogen and oxygen atoms in total. The van der Waals surface area contributed by atoms with Crippen molar-refractivity contribution in [3.05, 3.63) is 34.9 Å². The number of benzene rings is 1. The zero-order chi connectivity index (χ0) is 11.6. The monoisotopic (exact) mass is 217 g/mol. The van der Waals surface area contributed by atoms with Crippen LogP contribution in [0.25, 0.3) is 0 Å². The summed E-state index contributed by atoms with van der Waals surface area (Å²) in [4.78, 5) is 0. The lowest BCUT2D eigenvalue weighted by atomic mass is 9.87. The van der Waals surface area contributed by atoms with E-state index in [-0.39, 0.29) is 0 Å². The Morgan fingerprint density at radius 1 is 1.19 bits per heavy atom. The number of rotatable bonds is 1. The van der Waals surface area contributed by atoms with Gasteiger partial charge in [0.15, 0.2) is 0 Å². The van der Waals surface area contributed by atoms with E-state index in [0.29, 0.717) is 5.41 Å². The van der Waals surface area contributed by atoms with E-state index in [9.17, 15) is 0 Å². The number of hydrogen-bond donors (Lipinski definition) is 1. The third-order valence-corrected chi connectivity index (χ3v) is 3.12. The number of nitrogens with one attached hydrogen (secondary N) is 1. The zero-order valence-corrected chi connectivity index (χ0v) is 10.8. The molecule has 1 N–H and O–H groups in total.